The van der Waals surface area contributed by atoms with E-state index in [9.17, 15) is 9.18 Å². The van der Waals surface area contributed by atoms with Crippen LogP contribution in [0.1, 0.15) is 24.4 Å². The minimum Gasteiger partial charge on any atom is -0.399 e. The molecule has 178 valence electrons. The van der Waals surface area contributed by atoms with E-state index in [2.05, 4.69) is 15.9 Å². The lowest BCUT2D eigenvalue weighted by Crippen LogP contribution is -2.32. The monoisotopic (exact) mass is 535 g/mol. The van der Waals surface area contributed by atoms with Gasteiger partial charge in [0, 0.05) is 22.3 Å². The van der Waals surface area contributed by atoms with E-state index in [4.69, 9.17) is 20.7 Å². The van der Waals surface area contributed by atoms with Crippen LogP contribution in [0.3, 0.4) is 0 Å². The normalized spacial score (nSPS) is 17.8. The molecule has 2 N–H and O–H groups in total. The van der Waals surface area contributed by atoms with Gasteiger partial charge in [0.2, 0.25) is 0 Å². The number of nitrogens with two attached hydrogens (primary N) is 1. The van der Waals surface area contributed by atoms with Crippen molar-refractivity contribution in [2.75, 3.05) is 12.3 Å². The maximum atomic E-state index is 13.6. The number of hydrogen-bond acceptors (Lipinski definition) is 5. The number of anilines is 1. The summed E-state index contributed by atoms with van der Waals surface area (Å²) in [6.45, 7) is 2.17. The highest BCUT2D eigenvalue weighted by Crippen LogP contribution is 2.36. The molecule has 7 nitrogen and oxygen atoms in total. The summed E-state index contributed by atoms with van der Waals surface area (Å²) in [5, 5.41) is 9.44. The summed E-state index contributed by atoms with van der Waals surface area (Å²) in [4.78, 5) is 16.2. The van der Waals surface area contributed by atoms with E-state index in [0.29, 0.717) is 35.6 Å². The average molecular weight is 536 g/mol. The molecule has 9 heteroatoms. The number of rotatable bonds is 6. The predicted octanol–water partition coefficient (Wildman–Crippen LogP) is 4.91. The van der Waals surface area contributed by atoms with Crippen molar-refractivity contribution < 1.29 is 13.9 Å². The SMILES string of the molecule is CC1OC(c2nn(-c3ccc(Br)cc3)nc2-c2ccc(F)cc2)N(CCc2ccc(N)cc2)C1=O. The van der Waals surface area contributed by atoms with Crippen LogP contribution in [-0.4, -0.2) is 38.4 Å². The van der Waals surface area contributed by atoms with Gasteiger partial charge >= 0.3 is 0 Å². The van der Waals surface area contributed by atoms with E-state index < -0.39 is 12.3 Å². The van der Waals surface area contributed by atoms with Crippen LogP contribution < -0.4 is 5.73 Å². The third-order valence-corrected chi connectivity index (χ3v) is 6.45. The molecule has 1 aliphatic heterocycles. The Balaban J connectivity index is 1.53. The molecule has 2 atom stereocenters. The van der Waals surface area contributed by atoms with Gasteiger partial charge < -0.3 is 15.4 Å². The first-order valence-electron chi connectivity index (χ1n) is 11.2. The number of carbonyl (C=O) groups excluding carboxylic acids is 1. The Morgan fingerprint density at radius 3 is 2.37 bits per heavy atom. The number of hydrogen-bond donors (Lipinski definition) is 1. The minimum absolute atomic E-state index is 0.117. The van der Waals surface area contributed by atoms with Crippen LogP contribution in [0.25, 0.3) is 16.9 Å². The number of halogens is 2. The molecule has 1 aromatic heterocycles. The van der Waals surface area contributed by atoms with E-state index >= 15 is 0 Å². The fourth-order valence-corrected chi connectivity index (χ4v) is 4.30. The van der Waals surface area contributed by atoms with E-state index in [1.807, 2.05) is 48.5 Å². The number of amides is 1. The quantitative estimate of drug-likeness (QED) is 0.354. The van der Waals surface area contributed by atoms with Gasteiger partial charge in [-0.05, 0) is 79.6 Å². The molecule has 1 amide bonds. The lowest BCUT2D eigenvalue weighted by Gasteiger charge is -2.22. The Morgan fingerprint density at radius 1 is 1.00 bits per heavy atom. The molecule has 1 fully saturated rings. The van der Waals surface area contributed by atoms with E-state index in [0.717, 1.165) is 15.7 Å². The second-order valence-electron chi connectivity index (χ2n) is 8.36. The van der Waals surface area contributed by atoms with Crippen LogP contribution in [0, 0.1) is 5.82 Å². The largest absolute Gasteiger partial charge is 0.399 e. The highest BCUT2D eigenvalue weighted by Gasteiger charge is 2.41. The average Bonchev–Trinajstić information content (AvgIpc) is 3.41. The van der Waals surface area contributed by atoms with Gasteiger partial charge in [0.05, 0.1) is 5.69 Å². The Hall–Kier alpha value is -3.56. The zero-order valence-corrected chi connectivity index (χ0v) is 20.5. The van der Waals surface area contributed by atoms with Crippen molar-refractivity contribution in [1.29, 1.82) is 0 Å². The van der Waals surface area contributed by atoms with Crippen LogP contribution >= 0.6 is 15.9 Å². The van der Waals surface area contributed by atoms with Crippen LogP contribution in [0.15, 0.2) is 77.3 Å². The van der Waals surface area contributed by atoms with Gasteiger partial charge in [-0.15, -0.1) is 10.2 Å². The van der Waals surface area contributed by atoms with Gasteiger partial charge in [0.1, 0.15) is 23.3 Å². The summed E-state index contributed by atoms with van der Waals surface area (Å²) in [7, 11) is 0. The second kappa shape index (κ2) is 9.59. The zero-order valence-electron chi connectivity index (χ0n) is 18.9. The van der Waals surface area contributed by atoms with Crippen molar-refractivity contribution in [2.24, 2.45) is 0 Å². The third-order valence-electron chi connectivity index (χ3n) is 5.92. The molecular formula is C26H23BrFN5O2. The molecule has 35 heavy (non-hydrogen) atoms. The van der Waals surface area contributed by atoms with Crippen molar-refractivity contribution >= 4 is 27.5 Å². The highest BCUT2D eigenvalue weighted by atomic mass is 79.9. The number of ether oxygens (including phenoxy) is 1. The van der Waals surface area contributed by atoms with Gasteiger partial charge in [0.25, 0.3) is 5.91 Å². The van der Waals surface area contributed by atoms with E-state index in [1.54, 1.807) is 24.0 Å². The van der Waals surface area contributed by atoms with Crippen LogP contribution in [-0.2, 0) is 16.0 Å². The van der Waals surface area contributed by atoms with Crippen LogP contribution in [0.4, 0.5) is 10.1 Å². The first-order valence-corrected chi connectivity index (χ1v) is 12.0. The first-order chi connectivity index (χ1) is 16.9. The number of nitrogens with zero attached hydrogens (tertiary/aromatic N) is 4. The molecular weight excluding hydrogens is 513 g/mol. The minimum atomic E-state index is -0.726. The van der Waals surface area contributed by atoms with Crippen molar-refractivity contribution in [2.45, 2.75) is 25.7 Å². The van der Waals surface area contributed by atoms with Crippen molar-refractivity contribution in [3.05, 3.63) is 94.3 Å². The topological polar surface area (TPSA) is 86.3 Å². The number of aromatic nitrogens is 3. The Bertz CT molecular complexity index is 1340. The first kappa shape index (κ1) is 23.2. The van der Waals surface area contributed by atoms with Gasteiger partial charge in [-0.1, -0.05) is 28.1 Å². The molecule has 1 aliphatic rings. The van der Waals surface area contributed by atoms with Gasteiger partial charge in [-0.3, -0.25) is 4.79 Å². The molecule has 0 saturated carbocycles. The molecule has 0 spiro atoms. The predicted molar refractivity (Wildman–Crippen MR) is 134 cm³/mol. The third kappa shape index (κ3) is 4.82. The Labute approximate surface area is 210 Å². The molecule has 0 bridgehead atoms. The summed E-state index contributed by atoms with van der Waals surface area (Å²) in [6.07, 6.45) is -0.716. The number of nitrogen functional groups attached to an aromatic ring is 1. The summed E-state index contributed by atoms with van der Waals surface area (Å²) in [5.74, 6) is -0.463. The van der Waals surface area contributed by atoms with Crippen molar-refractivity contribution in [3.8, 4) is 16.9 Å². The van der Waals surface area contributed by atoms with E-state index in [1.165, 1.54) is 16.9 Å². The summed E-state index contributed by atoms with van der Waals surface area (Å²) < 4.78 is 20.7. The molecule has 5 rings (SSSR count). The molecule has 0 radical (unpaired) electrons. The summed E-state index contributed by atoms with van der Waals surface area (Å²) in [6, 6.07) is 21.2. The van der Waals surface area contributed by atoms with Gasteiger partial charge in [-0.25, -0.2) is 4.39 Å². The molecule has 4 aromatic rings. The molecule has 1 saturated heterocycles. The fourth-order valence-electron chi connectivity index (χ4n) is 4.03. The van der Waals surface area contributed by atoms with Gasteiger partial charge in [-0.2, -0.15) is 4.80 Å². The summed E-state index contributed by atoms with van der Waals surface area (Å²) in [5.41, 5.74) is 9.99. The lowest BCUT2D eigenvalue weighted by molar-refractivity contribution is -0.130. The van der Waals surface area contributed by atoms with Gasteiger partial charge in [0.15, 0.2) is 6.23 Å². The number of benzene rings is 3. The van der Waals surface area contributed by atoms with Crippen LogP contribution in [0.2, 0.25) is 0 Å². The smallest absolute Gasteiger partial charge is 0.253 e. The molecule has 3 aromatic carbocycles. The fraction of sp³-hybridized carbons (Fsp3) is 0.192. The second-order valence-corrected chi connectivity index (χ2v) is 9.28. The number of carbonyl (C=O) groups is 1. The molecule has 2 unspecified atom stereocenters. The van der Waals surface area contributed by atoms with Crippen molar-refractivity contribution in [3.63, 3.8) is 0 Å². The standard InChI is InChI=1S/C26H23BrFN5O2/c1-16-25(34)32(15-14-17-2-10-21(29)11-3-17)26(35-16)24-23(18-4-8-20(28)9-5-18)30-33(31-24)22-12-6-19(27)7-13-22/h2-13,16,26H,14-15,29H2,1H3. The Morgan fingerprint density at radius 2 is 1.69 bits per heavy atom. The van der Waals surface area contributed by atoms with Crippen LogP contribution in [0.5, 0.6) is 0 Å². The maximum absolute atomic E-state index is 13.6. The maximum Gasteiger partial charge on any atom is 0.253 e. The van der Waals surface area contributed by atoms with E-state index in [-0.39, 0.29) is 11.7 Å². The lowest BCUT2D eigenvalue weighted by atomic mass is 10.1. The highest BCUT2D eigenvalue weighted by molar-refractivity contribution is 9.10. The molecule has 0 aliphatic carbocycles. The van der Waals surface area contributed by atoms with Crippen molar-refractivity contribution in [1.82, 2.24) is 19.9 Å². The summed E-state index contributed by atoms with van der Waals surface area (Å²) >= 11 is 3.44. The zero-order chi connectivity index (χ0) is 24.5. The Kier molecular flexibility index (Phi) is 6.36. The molecule has 2 heterocycles.